The number of benzene rings is 1. The van der Waals surface area contributed by atoms with Gasteiger partial charge >= 0.3 is 0 Å². The number of hydrogen-bond acceptors (Lipinski definition) is 8. The average Bonchev–Trinajstić information content (AvgIpc) is 3.23. The first kappa shape index (κ1) is 18.0. The van der Waals surface area contributed by atoms with Gasteiger partial charge in [0.2, 0.25) is 0 Å². The number of nitrogen functional groups attached to an aromatic ring is 1. The minimum Gasteiger partial charge on any atom is -0.497 e. The van der Waals surface area contributed by atoms with Crippen LogP contribution in [-0.2, 0) is 4.74 Å². The molecule has 1 aliphatic rings. The Morgan fingerprint density at radius 3 is 2.81 bits per heavy atom. The molecular weight excluding hydrogens is 373 g/mol. The largest absolute Gasteiger partial charge is 0.497 e. The fourth-order valence-electron chi connectivity index (χ4n) is 2.98. The predicted molar refractivity (Wildman–Crippen MR) is 98.3 cm³/mol. The molecule has 3 heterocycles. The summed E-state index contributed by atoms with van der Waals surface area (Å²) >= 11 is 1.45. The molecule has 0 unspecified atom stereocenters. The number of alkyl halides is 1. The van der Waals surface area contributed by atoms with Crippen molar-refractivity contribution in [2.45, 2.75) is 29.5 Å². The van der Waals surface area contributed by atoms with E-state index in [1.165, 1.54) is 29.0 Å². The molecule has 1 aromatic carbocycles. The Kier molecular flexibility index (Phi) is 4.85. The Hall–Kier alpha value is -2.43. The lowest BCUT2D eigenvalue weighted by Gasteiger charge is -2.16. The second-order valence-corrected chi connectivity index (χ2v) is 7.16. The molecule has 0 bridgehead atoms. The summed E-state index contributed by atoms with van der Waals surface area (Å²) in [6, 6.07) is 7.46. The third kappa shape index (κ3) is 3.31. The highest BCUT2D eigenvalue weighted by Gasteiger charge is 2.45. The van der Waals surface area contributed by atoms with Crippen molar-refractivity contribution in [2.24, 2.45) is 0 Å². The second-order valence-electron chi connectivity index (χ2n) is 6.07. The topological polar surface area (TPSA) is 108 Å². The van der Waals surface area contributed by atoms with Crippen LogP contribution >= 0.6 is 11.8 Å². The van der Waals surface area contributed by atoms with Crippen LogP contribution in [0.25, 0.3) is 11.2 Å². The number of aliphatic hydroxyl groups is 1. The number of rotatable bonds is 5. The number of imidazole rings is 1. The number of ether oxygens (including phenoxy) is 2. The maximum atomic E-state index is 14.6. The van der Waals surface area contributed by atoms with Gasteiger partial charge in [0.05, 0.1) is 13.4 Å². The van der Waals surface area contributed by atoms with Crippen molar-refractivity contribution in [3.63, 3.8) is 0 Å². The highest BCUT2D eigenvalue weighted by atomic mass is 32.2. The first-order valence-corrected chi connectivity index (χ1v) is 9.24. The summed E-state index contributed by atoms with van der Waals surface area (Å²) in [7, 11) is 1.60. The quantitative estimate of drug-likeness (QED) is 0.634. The molecule has 10 heteroatoms. The molecule has 3 N–H and O–H groups in total. The SMILES string of the molecule is COc1ccc(SC[C@H]2O[C@@H](n3cnc4c(N)ncnc43)[C@H](O)[C@@H]2F)cc1. The summed E-state index contributed by atoms with van der Waals surface area (Å²) in [6.07, 6.45) is -1.84. The Labute approximate surface area is 158 Å². The Bertz CT molecular complexity index is 938. The summed E-state index contributed by atoms with van der Waals surface area (Å²) < 4.78 is 27.0. The number of aromatic nitrogens is 4. The Morgan fingerprint density at radius 1 is 1.30 bits per heavy atom. The highest BCUT2D eigenvalue weighted by Crippen LogP contribution is 2.36. The first-order valence-electron chi connectivity index (χ1n) is 8.26. The number of anilines is 1. The Morgan fingerprint density at radius 2 is 2.07 bits per heavy atom. The van der Waals surface area contributed by atoms with Gasteiger partial charge in [0, 0.05) is 10.6 Å². The van der Waals surface area contributed by atoms with Crippen LogP contribution in [0.2, 0.25) is 0 Å². The first-order chi connectivity index (χ1) is 13.1. The van der Waals surface area contributed by atoms with E-state index < -0.39 is 24.6 Å². The van der Waals surface area contributed by atoms with Crippen LogP contribution in [0.1, 0.15) is 6.23 Å². The van der Waals surface area contributed by atoms with Crippen LogP contribution in [0.15, 0.2) is 41.8 Å². The molecule has 8 nitrogen and oxygen atoms in total. The standard InChI is InChI=1S/C17H18FN5O3S/c1-25-9-2-4-10(5-3-9)27-6-11-12(18)14(24)17(26-11)23-8-22-13-15(19)20-7-21-16(13)23/h2-5,7-8,11-12,14,17,24H,6H2,1H3,(H2,19,20,21)/t11-,12-,14-,17-/m1/s1. The van der Waals surface area contributed by atoms with Crippen LogP contribution in [-0.4, -0.2) is 55.9 Å². The number of thioether (sulfide) groups is 1. The highest BCUT2D eigenvalue weighted by molar-refractivity contribution is 7.99. The normalized spacial score (nSPS) is 25.1. The van der Waals surface area contributed by atoms with E-state index in [4.69, 9.17) is 15.2 Å². The molecule has 27 heavy (non-hydrogen) atoms. The number of aliphatic hydroxyl groups excluding tert-OH is 1. The van der Waals surface area contributed by atoms with Crippen molar-refractivity contribution in [1.82, 2.24) is 19.5 Å². The summed E-state index contributed by atoms with van der Waals surface area (Å²) in [5, 5.41) is 10.3. The van der Waals surface area contributed by atoms with Gasteiger partial charge < -0.3 is 20.3 Å². The van der Waals surface area contributed by atoms with Crippen LogP contribution in [0.5, 0.6) is 5.75 Å². The van der Waals surface area contributed by atoms with E-state index in [0.29, 0.717) is 16.9 Å². The summed E-state index contributed by atoms with van der Waals surface area (Å²) in [5.74, 6) is 1.32. The van der Waals surface area contributed by atoms with Crippen LogP contribution in [0.3, 0.4) is 0 Å². The van der Waals surface area contributed by atoms with Gasteiger partial charge in [-0.2, -0.15) is 0 Å². The minimum atomic E-state index is -1.53. The van der Waals surface area contributed by atoms with Crippen molar-refractivity contribution < 1.29 is 19.0 Å². The lowest BCUT2D eigenvalue weighted by atomic mass is 10.2. The zero-order chi connectivity index (χ0) is 19.0. The van der Waals surface area contributed by atoms with E-state index in [1.807, 2.05) is 24.3 Å². The van der Waals surface area contributed by atoms with Gasteiger partial charge in [0.15, 0.2) is 23.9 Å². The molecule has 1 aliphatic heterocycles. The van der Waals surface area contributed by atoms with E-state index in [9.17, 15) is 9.50 Å². The predicted octanol–water partition coefficient (Wildman–Crippen LogP) is 1.81. The van der Waals surface area contributed by atoms with Gasteiger partial charge in [-0.1, -0.05) is 0 Å². The lowest BCUT2D eigenvalue weighted by Crippen LogP contribution is -2.28. The molecule has 1 fully saturated rings. The third-order valence-corrected chi connectivity index (χ3v) is 5.52. The van der Waals surface area contributed by atoms with Crippen molar-refractivity contribution in [3.05, 3.63) is 36.9 Å². The van der Waals surface area contributed by atoms with Gasteiger partial charge in [0.1, 0.15) is 29.8 Å². The third-order valence-electron chi connectivity index (χ3n) is 4.42. The number of fused-ring (bicyclic) bond motifs is 1. The summed E-state index contributed by atoms with van der Waals surface area (Å²) in [6.45, 7) is 0. The molecule has 0 aliphatic carbocycles. The number of nitrogens with two attached hydrogens (primary N) is 1. The van der Waals surface area contributed by atoms with Crippen molar-refractivity contribution in [1.29, 1.82) is 0 Å². The molecule has 2 aromatic heterocycles. The van der Waals surface area contributed by atoms with E-state index in [0.717, 1.165) is 10.6 Å². The number of nitrogens with zero attached hydrogens (tertiary/aromatic N) is 4. The van der Waals surface area contributed by atoms with Crippen LogP contribution in [0.4, 0.5) is 10.2 Å². The van der Waals surface area contributed by atoms with Gasteiger partial charge in [-0.15, -0.1) is 11.8 Å². The summed E-state index contributed by atoms with van der Waals surface area (Å²) in [5.41, 5.74) is 6.55. The molecule has 142 valence electrons. The van der Waals surface area contributed by atoms with E-state index in [-0.39, 0.29) is 5.82 Å². The molecular formula is C17H18FN5O3S. The second kappa shape index (κ2) is 7.29. The zero-order valence-electron chi connectivity index (χ0n) is 14.4. The molecule has 1 saturated heterocycles. The van der Waals surface area contributed by atoms with Gasteiger partial charge in [-0.25, -0.2) is 19.3 Å². The number of hydrogen-bond donors (Lipinski definition) is 2. The molecule has 0 saturated carbocycles. The average molecular weight is 391 g/mol. The van der Waals surface area contributed by atoms with Crippen molar-refractivity contribution in [3.8, 4) is 5.75 Å². The molecule has 0 radical (unpaired) electrons. The minimum absolute atomic E-state index is 0.217. The van der Waals surface area contributed by atoms with Crippen LogP contribution in [0, 0.1) is 0 Å². The smallest absolute Gasteiger partial charge is 0.167 e. The van der Waals surface area contributed by atoms with E-state index >= 15 is 0 Å². The van der Waals surface area contributed by atoms with Crippen LogP contribution < -0.4 is 10.5 Å². The van der Waals surface area contributed by atoms with Crippen molar-refractivity contribution in [2.75, 3.05) is 18.6 Å². The monoisotopic (exact) mass is 391 g/mol. The number of methoxy groups -OCH3 is 1. The summed E-state index contributed by atoms with van der Waals surface area (Å²) in [4.78, 5) is 13.1. The fourth-order valence-corrected chi connectivity index (χ4v) is 3.93. The van der Waals surface area contributed by atoms with E-state index in [1.54, 1.807) is 7.11 Å². The van der Waals surface area contributed by atoms with Gasteiger partial charge in [-0.05, 0) is 24.3 Å². The Balaban J connectivity index is 1.49. The number of halogens is 1. The fraction of sp³-hybridized carbons (Fsp3) is 0.353. The molecule has 0 spiro atoms. The maximum absolute atomic E-state index is 14.6. The zero-order valence-corrected chi connectivity index (χ0v) is 15.2. The van der Waals surface area contributed by atoms with Gasteiger partial charge in [-0.3, -0.25) is 4.57 Å². The van der Waals surface area contributed by atoms with Gasteiger partial charge in [0.25, 0.3) is 0 Å². The molecule has 4 atom stereocenters. The lowest BCUT2D eigenvalue weighted by molar-refractivity contribution is -0.0286. The molecule has 4 rings (SSSR count). The van der Waals surface area contributed by atoms with Crippen molar-refractivity contribution >= 4 is 28.7 Å². The molecule has 0 amide bonds. The molecule has 3 aromatic rings. The maximum Gasteiger partial charge on any atom is 0.167 e. The van der Waals surface area contributed by atoms with E-state index in [2.05, 4.69) is 15.0 Å².